The molecular formula is C24H33N5O2S. The second-order valence-electron chi connectivity index (χ2n) is 8.69. The second-order valence-corrected chi connectivity index (χ2v) is 10.8. The van der Waals surface area contributed by atoms with Crippen LogP contribution in [0.3, 0.4) is 0 Å². The number of nitrogens with zero attached hydrogens (tertiary/aromatic N) is 5. The number of aromatic nitrogens is 2. The van der Waals surface area contributed by atoms with Crippen LogP contribution in [-0.2, 0) is 23.1 Å². The molecule has 7 nitrogen and oxygen atoms in total. The lowest BCUT2D eigenvalue weighted by atomic mass is 10.1. The summed E-state index contributed by atoms with van der Waals surface area (Å²) in [5.41, 5.74) is 5.74. The van der Waals surface area contributed by atoms with Gasteiger partial charge in [0.1, 0.15) is 5.82 Å². The Morgan fingerprint density at radius 1 is 1.03 bits per heavy atom. The molecule has 0 aliphatic carbocycles. The molecule has 1 saturated heterocycles. The van der Waals surface area contributed by atoms with Crippen molar-refractivity contribution in [2.45, 2.75) is 38.8 Å². The maximum atomic E-state index is 12.5. The van der Waals surface area contributed by atoms with Crippen LogP contribution in [0.1, 0.15) is 23.9 Å². The van der Waals surface area contributed by atoms with E-state index in [0.29, 0.717) is 0 Å². The molecule has 4 rings (SSSR count). The van der Waals surface area contributed by atoms with Gasteiger partial charge in [0.15, 0.2) is 0 Å². The highest BCUT2D eigenvalue weighted by molar-refractivity contribution is 7.89. The molecule has 1 aliphatic rings. The molecule has 0 N–H and O–H groups in total. The largest absolute Gasteiger partial charge is 0.369 e. The van der Waals surface area contributed by atoms with Crippen molar-refractivity contribution >= 4 is 26.7 Å². The maximum absolute atomic E-state index is 12.5. The average molecular weight is 456 g/mol. The first kappa shape index (κ1) is 22.8. The van der Waals surface area contributed by atoms with Crippen LogP contribution in [0, 0.1) is 13.8 Å². The molecule has 0 spiro atoms. The van der Waals surface area contributed by atoms with Crippen molar-refractivity contribution in [2.75, 3.05) is 45.2 Å². The quantitative estimate of drug-likeness (QED) is 0.571. The summed E-state index contributed by atoms with van der Waals surface area (Å²) in [7, 11) is -0.379. The van der Waals surface area contributed by atoms with E-state index in [1.54, 1.807) is 26.2 Å². The molecule has 0 bridgehead atoms. The molecule has 0 atom stereocenters. The standard InChI is InChI=1S/C24H33N5O2S/c1-6-29-23-11-10-20(32(30,31)26(4)5)16-21(23)25-24(29)17-27-12-14-28(15-13-27)22-9-7-8-18(2)19(22)3/h7-11,16H,6,12-15,17H2,1-5H3. The minimum Gasteiger partial charge on any atom is -0.369 e. The molecule has 32 heavy (non-hydrogen) atoms. The summed E-state index contributed by atoms with van der Waals surface area (Å²) in [6.45, 7) is 12.0. The number of benzene rings is 2. The maximum Gasteiger partial charge on any atom is 0.242 e. The first-order chi connectivity index (χ1) is 15.2. The van der Waals surface area contributed by atoms with Crippen LogP contribution in [0.15, 0.2) is 41.3 Å². The van der Waals surface area contributed by atoms with Crippen LogP contribution < -0.4 is 4.90 Å². The highest BCUT2D eigenvalue weighted by atomic mass is 32.2. The van der Waals surface area contributed by atoms with Crippen LogP contribution in [0.4, 0.5) is 5.69 Å². The number of fused-ring (bicyclic) bond motifs is 1. The number of hydrogen-bond donors (Lipinski definition) is 0. The van der Waals surface area contributed by atoms with E-state index in [2.05, 4.69) is 53.3 Å². The van der Waals surface area contributed by atoms with Gasteiger partial charge >= 0.3 is 0 Å². The smallest absolute Gasteiger partial charge is 0.242 e. The molecule has 2 aromatic carbocycles. The predicted octanol–water partition coefficient (Wildman–Crippen LogP) is 3.25. The van der Waals surface area contributed by atoms with Gasteiger partial charge in [-0.25, -0.2) is 17.7 Å². The molecule has 8 heteroatoms. The summed E-state index contributed by atoms with van der Waals surface area (Å²) in [6.07, 6.45) is 0. The van der Waals surface area contributed by atoms with Crippen molar-refractivity contribution in [3.63, 3.8) is 0 Å². The third-order valence-corrected chi connectivity index (χ3v) is 8.36. The van der Waals surface area contributed by atoms with Crippen molar-refractivity contribution in [3.05, 3.63) is 53.3 Å². The van der Waals surface area contributed by atoms with Crippen LogP contribution >= 0.6 is 0 Å². The van der Waals surface area contributed by atoms with Crippen LogP contribution in [0.5, 0.6) is 0 Å². The molecule has 2 heterocycles. The summed E-state index contributed by atoms with van der Waals surface area (Å²) < 4.78 is 28.5. The molecule has 1 aliphatic heterocycles. The number of piperazine rings is 1. The topological polar surface area (TPSA) is 61.7 Å². The summed E-state index contributed by atoms with van der Waals surface area (Å²) in [5.74, 6) is 0.988. The van der Waals surface area contributed by atoms with Crippen molar-refractivity contribution in [1.29, 1.82) is 0 Å². The molecule has 0 amide bonds. The molecule has 1 aromatic heterocycles. The Balaban J connectivity index is 1.53. The van der Waals surface area contributed by atoms with Gasteiger partial charge in [-0.15, -0.1) is 0 Å². The van der Waals surface area contributed by atoms with Gasteiger partial charge in [-0.2, -0.15) is 0 Å². The number of rotatable bonds is 6. The minimum absolute atomic E-state index is 0.282. The van der Waals surface area contributed by atoms with Crippen molar-refractivity contribution < 1.29 is 8.42 Å². The van der Waals surface area contributed by atoms with Crippen molar-refractivity contribution in [1.82, 2.24) is 18.8 Å². The molecule has 0 saturated carbocycles. The minimum atomic E-state index is -3.48. The molecule has 0 radical (unpaired) electrons. The zero-order chi connectivity index (χ0) is 23.0. The van der Waals surface area contributed by atoms with E-state index in [1.165, 1.54) is 21.1 Å². The van der Waals surface area contributed by atoms with E-state index < -0.39 is 10.0 Å². The summed E-state index contributed by atoms with van der Waals surface area (Å²) in [5, 5.41) is 0. The molecule has 3 aromatic rings. The zero-order valence-corrected chi connectivity index (χ0v) is 20.5. The normalized spacial score (nSPS) is 15.8. The fourth-order valence-corrected chi connectivity index (χ4v) is 5.35. The monoisotopic (exact) mass is 455 g/mol. The first-order valence-electron chi connectivity index (χ1n) is 11.2. The van der Waals surface area contributed by atoms with Gasteiger partial charge in [0.2, 0.25) is 10.0 Å². The molecule has 0 unspecified atom stereocenters. The lowest BCUT2D eigenvalue weighted by Gasteiger charge is -2.37. The van der Waals surface area contributed by atoms with E-state index in [1.807, 2.05) is 6.07 Å². The fraction of sp³-hybridized carbons (Fsp3) is 0.458. The van der Waals surface area contributed by atoms with Gasteiger partial charge in [-0.1, -0.05) is 12.1 Å². The molecule has 1 fully saturated rings. The SMILES string of the molecule is CCn1c(CN2CCN(c3cccc(C)c3C)CC2)nc2cc(S(=O)(=O)N(C)C)ccc21. The van der Waals surface area contributed by atoms with Crippen molar-refractivity contribution in [3.8, 4) is 0 Å². The fourth-order valence-electron chi connectivity index (χ4n) is 4.43. The number of sulfonamides is 1. The first-order valence-corrected chi connectivity index (χ1v) is 12.6. The van der Waals surface area contributed by atoms with Gasteiger partial charge < -0.3 is 9.47 Å². The number of imidazole rings is 1. The van der Waals surface area contributed by atoms with Gasteiger partial charge in [0.05, 0.1) is 22.5 Å². The van der Waals surface area contributed by atoms with E-state index in [9.17, 15) is 8.42 Å². The van der Waals surface area contributed by atoms with Crippen LogP contribution in [0.25, 0.3) is 11.0 Å². The summed E-state index contributed by atoms with van der Waals surface area (Å²) in [6, 6.07) is 11.8. The van der Waals surface area contributed by atoms with E-state index in [0.717, 1.165) is 56.1 Å². The Bertz CT molecular complexity index is 1220. The van der Waals surface area contributed by atoms with Crippen LogP contribution in [-0.4, -0.2) is 67.4 Å². The van der Waals surface area contributed by atoms with Gasteiger partial charge in [-0.3, -0.25) is 4.90 Å². The summed E-state index contributed by atoms with van der Waals surface area (Å²) >= 11 is 0. The Labute approximate surface area is 191 Å². The van der Waals surface area contributed by atoms with Crippen LogP contribution in [0.2, 0.25) is 0 Å². The van der Waals surface area contributed by atoms with E-state index in [-0.39, 0.29) is 4.90 Å². The third kappa shape index (κ3) is 4.14. The number of aryl methyl sites for hydroxylation is 2. The lowest BCUT2D eigenvalue weighted by molar-refractivity contribution is 0.241. The zero-order valence-electron chi connectivity index (χ0n) is 19.7. The van der Waals surface area contributed by atoms with Gasteiger partial charge in [-0.05, 0) is 56.2 Å². The lowest BCUT2D eigenvalue weighted by Crippen LogP contribution is -2.46. The van der Waals surface area contributed by atoms with Crippen molar-refractivity contribution in [2.24, 2.45) is 0 Å². The molecular weight excluding hydrogens is 422 g/mol. The van der Waals surface area contributed by atoms with Gasteiger partial charge in [0, 0.05) is 52.5 Å². The Morgan fingerprint density at radius 2 is 1.75 bits per heavy atom. The predicted molar refractivity (Wildman–Crippen MR) is 130 cm³/mol. The van der Waals surface area contributed by atoms with Gasteiger partial charge in [0.25, 0.3) is 0 Å². The van der Waals surface area contributed by atoms with E-state index in [4.69, 9.17) is 4.98 Å². The number of hydrogen-bond acceptors (Lipinski definition) is 5. The Morgan fingerprint density at radius 3 is 2.41 bits per heavy atom. The summed E-state index contributed by atoms with van der Waals surface area (Å²) in [4.78, 5) is 10.0. The third-order valence-electron chi connectivity index (χ3n) is 6.55. The molecule has 172 valence electrons. The Kier molecular flexibility index (Phi) is 6.29. The highest BCUT2D eigenvalue weighted by Gasteiger charge is 2.22. The second kappa shape index (κ2) is 8.84. The average Bonchev–Trinajstić information content (AvgIpc) is 3.12. The number of anilines is 1. The highest BCUT2D eigenvalue weighted by Crippen LogP contribution is 2.26. The van der Waals surface area contributed by atoms with E-state index >= 15 is 0 Å². The Hall–Kier alpha value is -2.42.